The number of nitrogens with zero attached hydrogens (tertiary/aromatic N) is 4. The van der Waals surface area contributed by atoms with Crippen molar-refractivity contribution in [2.75, 3.05) is 31.1 Å². The molecule has 3 rings (SSSR count). The van der Waals surface area contributed by atoms with Crippen LogP contribution in [0.1, 0.15) is 22.8 Å². The summed E-state index contributed by atoms with van der Waals surface area (Å²) in [5.41, 5.74) is 1.37. The number of anilines is 1. The van der Waals surface area contributed by atoms with E-state index in [-0.39, 0.29) is 11.8 Å². The van der Waals surface area contributed by atoms with E-state index in [1.807, 2.05) is 17.0 Å². The number of nitrogens with one attached hydrogen (secondary N) is 1. The standard InChI is InChI=1S/C18H20ClN5O2/c1-13(25)23-6-8-24(9-7-23)18-21-11-15(12-22-18)17(26)20-10-14-2-4-16(19)5-3-14/h2-5,11-12H,6-10H2,1H3,(H,20,26). The predicted octanol–water partition coefficient (Wildman–Crippen LogP) is 1.73. The molecule has 136 valence electrons. The molecule has 0 bridgehead atoms. The van der Waals surface area contributed by atoms with Crippen molar-refractivity contribution in [3.63, 3.8) is 0 Å². The highest BCUT2D eigenvalue weighted by molar-refractivity contribution is 6.30. The second-order valence-electron chi connectivity index (χ2n) is 6.07. The predicted molar refractivity (Wildman–Crippen MR) is 99.1 cm³/mol. The number of carbonyl (C=O) groups is 2. The third-order valence-electron chi connectivity index (χ3n) is 4.27. The molecular weight excluding hydrogens is 354 g/mol. The Bertz CT molecular complexity index is 771. The molecule has 26 heavy (non-hydrogen) atoms. The van der Waals surface area contributed by atoms with E-state index in [4.69, 9.17) is 11.6 Å². The summed E-state index contributed by atoms with van der Waals surface area (Å²) in [6, 6.07) is 7.30. The number of amides is 2. The molecule has 1 aliphatic heterocycles. The van der Waals surface area contributed by atoms with Crippen molar-refractivity contribution in [3.8, 4) is 0 Å². The largest absolute Gasteiger partial charge is 0.348 e. The molecule has 0 spiro atoms. The van der Waals surface area contributed by atoms with Crippen molar-refractivity contribution < 1.29 is 9.59 Å². The van der Waals surface area contributed by atoms with Gasteiger partial charge in [-0.2, -0.15) is 0 Å². The average Bonchev–Trinajstić information content (AvgIpc) is 2.67. The first-order valence-corrected chi connectivity index (χ1v) is 8.76. The Kier molecular flexibility index (Phi) is 5.68. The summed E-state index contributed by atoms with van der Waals surface area (Å²) in [5, 5.41) is 3.49. The van der Waals surface area contributed by atoms with Crippen LogP contribution in [0.15, 0.2) is 36.7 Å². The summed E-state index contributed by atoms with van der Waals surface area (Å²) in [6.45, 7) is 4.65. The molecule has 1 aromatic carbocycles. The molecule has 0 radical (unpaired) electrons. The Morgan fingerprint density at radius 2 is 1.69 bits per heavy atom. The molecular formula is C18H20ClN5O2. The van der Waals surface area contributed by atoms with Gasteiger partial charge in [0.2, 0.25) is 11.9 Å². The molecule has 8 heteroatoms. The molecule has 1 fully saturated rings. The number of piperazine rings is 1. The van der Waals surface area contributed by atoms with Crippen LogP contribution in [0.3, 0.4) is 0 Å². The van der Waals surface area contributed by atoms with Gasteiger partial charge in [0.05, 0.1) is 5.56 Å². The monoisotopic (exact) mass is 373 g/mol. The van der Waals surface area contributed by atoms with Crippen molar-refractivity contribution in [3.05, 3.63) is 52.8 Å². The number of rotatable bonds is 4. The van der Waals surface area contributed by atoms with E-state index in [0.29, 0.717) is 49.3 Å². The summed E-state index contributed by atoms with van der Waals surface area (Å²) in [4.78, 5) is 36.0. The molecule has 0 unspecified atom stereocenters. The van der Waals surface area contributed by atoms with Crippen LogP contribution in [0.25, 0.3) is 0 Å². The maximum atomic E-state index is 12.2. The fourth-order valence-corrected chi connectivity index (χ4v) is 2.84. The lowest BCUT2D eigenvalue weighted by Crippen LogP contribution is -2.48. The number of hydrogen-bond acceptors (Lipinski definition) is 5. The lowest BCUT2D eigenvalue weighted by atomic mass is 10.2. The van der Waals surface area contributed by atoms with Crippen LogP contribution in [0.5, 0.6) is 0 Å². The second kappa shape index (κ2) is 8.14. The summed E-state index contributed by atoms with van der Waals surface area (Å²) in [7, 11) is 0. The summed E-state index contributed by atoms with van der Waals surface area (Å²) in [6.07, 6.45) is 3.05. The fourth-order valence-electron chi connectivity index (χ4n) is 2.71. The highest BCUT2D eigenvalue weighted by atomic mass is 35.5. The van der Waals surface area contributed by atoms with E-state index in [1.54, 1.807) is 24.0 Å². The second-order valence-corrected chi connectivity index (χ2v) is 6.51. The molecule has 1 aliphatic rings. The first-order valence-electron chi connectivity index (χ1n) is 8.38. The van der Waals surface area contributed by atoms with Crippen LogP contribution < -0.4 is 10.2 Å². The van der Waals surface area contributed by atoms with Crippen molar-refractivity contribution in [1.29, 1.82) is 0 Å². The first-order chi connectivity index (χ1) is 12.5. The zero-order chi connectivity index (χ0) is 18.5. The van der Waals surface area contributed by atoms with Crippen molar-refractivity contribution in [2.45, 2.75) is 13.5 Å². The molecule has 2 aromatic rings. The quantitative estimate of drug-likeness (QED) is 0.883. The van der Waals surface area contributed by atoms with Crippen LogP contribution in [-0.4, -0.2) is 52.9 Å². The van der Waals surface area contributed by atoms with Crippen LogP contribution in [-0.2, 0) is 11.3 Å². The fraction of sp³-hybridized carbons (Fsp3) is 0.333. The Morgan fingerprint density at radius 1 is 1.08 bits per heavy atom. The van der Waals surface area contributed by atoms with Gasteiger partial charge in [0, 0.05) is 57.1 Å². The highest BCUT2D eigenvalue weighted by Crippen LogP contribution is 2.12. The number of benzene rings is 1. The van der Waals surface area contributed by atoms with Crippen molar-refractivity contribution in [2.24, 2.45) is 0 Å². The van der Waals surface area contributed by atoms with Crippen molar-refractivity contribution in [1.82, 2.24) is 20.2 Å². The van der Waals surface area contributed by atoms with Gasteiger partial charge in [-0.15, -0.1) is 0 Å². The topological polar surface area (TPSA) is 78.4 Å². The van der Waals surface area contributed by atoms with Gasteiger partial charge >= 0.3 is 0 Å². The smallest absolute Gasteiger partial charge is 0.254 e. The van der Waals surface area contributed by atoms with Gasteiger partial charge in [-0.25, -0.2) is 9.97 Å². The van der Waals surface area contributed by atoms with Crippen molar-refractivity contribution >= 4 is 29.4 Å². The maximum Gasteiger partial charge on any atom is 0.254 e. The van der Waals surface area contributed by atoms with E-state index in [9.17, 15) is 9.59 Å². The highest BCUT2D eigenvalue weighted by Gasteiger charge is 2.20. The molecule has 0 atom stereocenters. The minimum absolute atomic E-state index is 0.0817. The van der Waals surface area contributed by atoms with Crippen LogP contribution in [0.4, 0.5) is 5.95 Å². The normalized spacial score (nSPS) is 14.2. The van der Waals surface area contributed by atoms with Gasteiger partial charge in [0.1, 0.15) is 0 Å². The molecule has 1 N–H and O–H groups in total. The molecule has 0 aliphatic carbocycles. The van der Waals surface area contributed by atoms with Gasteiger partial charge in [-0.05, 0) is 17.7 Å². The van der Waals surface area contributed by atoms with E-state index in [2.05, 4.69) is 15.3 Å². The van der Waals surface area contributed by atoms with Crippen LogP contribution >= 0.6 is 11.6 Å². The molecule has 0 saturated carbocycles. The minimum atomic E-state index is -0.229. The van der Waals surface area contributed by atoms with Gasteiger partial charge in [0.25, 0.3) is 5.91 Å². The third-order valence-corrected chi connectivity index (χ3v) is 4.53. The third kappa shape index (κ3) is 4.49. The number of halogens is 1. The van der Waals surface area contributed by atoms with Gasteiger partial charge in [-0.3, -0.25) is 9.59 Å². The average molecular weight is 374 g/mol. The van der Waals surface area contributed by atoms with E-state index in [1.165, 1.54) is 12.4 Å². The Balaban J connectivity index is 1.54. The molecule has 7 nitrogen and oxygen atoms in total. The van der Waals surface area contributed by atoms with E-state index in [0.717, 1.165) is 5.56 Å². The summed E-state index contributed by atoms with van der Waals surface area (Å²) < 4.78 is 0. The number of carbonyl (C=O) groups excluding carboxylic acids is 2. The van der Waals surface area contributed by atoms with Crippen LogP contribution in [0, 0.1) is 0 Å². The lowest BCUT2D eigenvalue weighted by molar-refractivity contribution is -0.129. The molecule has 2 amide bonds. The van der Waals surface area contributed by atoms with E-state index < -0.39 is 0 Å². The zero-order valence-electron chi connectivity index (χ0n) is 14.5. The zero-order valence-corrected chi connectivity index (χ0v) is 15.2. The van der Waals surface area contributed by atoms with Gasteiger partial charge in [0.15, 0.2) is 0 Å². The maximum absolute atomic E-state index is 12.2. The number of aromatic nitrogens is 2. The molecule has 2 heterocycles. The summed E-state index contributed by atoms with van der Waals surface area (Å²) in [5.74, 6) is 0.425. The lowest BCUT2D eigenvalue weighted by Gasteiger charge is -2.34. The van der Waals surface area contributed by atoms with Gasteiger partial charge < -0.3 is 15.1 Å². The summed E-state index contributed by atoms with van der Waals surface area (Å²) >= 11 is 5.85. The number of hydrogen-bond donors (Lipinski definition) is 1. The minimum Gasteiger partial charge on any atom is -0.348 e. The first kappa shape index (κ1) is 18.1. The SMILES string of the molecule is CC(=O)N1CCN(c2ncc(C(=O)NCc3ccc(Cl)cc3)cn2)CC1. The Hall–Kier alpha value is -2.67. The molecule has 1 aromatic heterocycles. The Morgan fingerprint density at radius 3 is 2.27 bits per heavy atom. The van der Waals surface area contributed by atoms with Gasteiger partial charge in [-0.1, -0.05) is 23.7 Å². The Labute approximate surface area is 157 Å². The van der Waals surface area contributed by atoms with E-state index >= 15 is 0 Å². The molecule has 1 saturated heterocycles. The van der Waals surface area contributed by atoms with Crippen LogP contribution in [0.2, 0.25) is 5.02 Å².